The Morgan fingerprint density at radius 1 is 0.870 bits per heavy atom. The summed E-state index contributed by atoms with van der Waals surface area (Å²) < 4.78 is 29.0. The van der Waals surface area contributed by atoms with Crippen LogP contribution in [0.1, 0.15) is 23.1 Å². The molecular weight excluding hydrogens is 308 g/mol. The van der Waals surface area contributed by atoms with Crippen LogP contribution in [0, 0.1) is 6.92 Å². The van der Waals surface area contributed by atoms with E-state index < -0.39 is 10.2 Å². The Labute approximate surface area is 138 Å². The molecule has 1 aliphatic heterocycles. The van der Waals surface area contributed by atoms with Crippen molar-refractivity contribution in [3.63, 3.8) is 0 Å². The first kappa shape index (κ1) is 16.2. The van der Waals surface area contributed by atoms with E-state index in [0.717, 1.165) is 23.1 Å². The van der Waals surface area contributed by atoms with E-state index in [1.165, 1.54) is 0 Å². The Morgan fingerprint density at radius 3 is 2.17 bits per heavy atom. The zero-order valence-corrected chi connectivity index (χ0v) is 14.2. The molecule has 0 saturated carbocycles. The van der Waals surface area contributed by atoms with E-state index in [-0.39, 0.29) is 0 Å². The molecule has 0 bridgehead atoms. The van der Waals surface area contributed by atoms with E-state index in [0.29, 0.717) is 26.2 Å². The number of hydrogen-bond donors (Lipinski definition) is 0. The molecule has 23 heavy (non-hydrogen) atoms. The van der Waals surface area contributed by atoms with Gasteiger partial charge in [0.1, 0.15) is 0 Å². The molecule has 2 aromatic rings. The fourth-order valence-electron chi connectivity index (χ4n) is 2.90. The molecule has 122 valence electrons. The first-order valence-corrected chi connectivity index (χ1v) is 9.31. The van der Waals surface area contributed by atoms with E-state index in [1.54, 1.807) is 8.61 Å². The van der Waals surface area contributed by atoms with Crippen LogP contribution in [0.5, 0.6) is 0 Å². The summed E-state index contributed by atoms with van der Waals surface area (Å²) in [7, 11) is -3.41. The van der Waals surface area contributed by atoms with Gasteiger partial charge in [-0.1, -0.05) is 54.6 Å². The zero-order chi connectivity index (χ0) is 16.3. The standard InChI is InChI=1S/C18H22N2O2S/c1-16-8-5-6-11-18(16)15-20-13-7-12-19(23(20,21)22)14-17-9-3-2-4-10-17/h2-6,8-11H,7,12-15H2,1H3. The molecule has 1 heterocycles. The Kier molecular flexibility index (Phi) is 4.80. The molecule has 0 unspecified atom stereocenters. The van der Waals surface area contributed by atoms with Gasteiger partial charge in [-0.15, -0.1) is 0 Å². The van der Waals surface area contributed by atoms with Gasteiger partial charge >= 0.3 is 0 Å². The lowest BCUT2D eigenvalue weighted by Gasteiger charge is -2.35. The maximum Gasteiger partial charge on any atom is 0.282 e. The van der Waals surface area contributed by atoms with Crippen molar-refractivity contribution in [2.75, 3.05) is 13.1 Å². The zero-order valence-electron chi connectivity index (χ0n) is 13.4. The van der Waals surface area contributed by atoms with Crippen molar-refractivity contribution in [2.45, 2.75) is 26.4 Å². The third kappa shape index (κ3) is 3.63. The monoisotopic (exact) mass is 330 g/mol. The molecule has 0 aromatic heterocycles. The summed E-state index contributed by atoms with van der Waals surface area (Å²) in [4.78, 5) is 0. The van der Waals surface area contributed by atoms with Crippen molar-refractivity contribution in [3.8, 4) is 0 Å². The second-order valence-electron chi connectivity index (χ2n) is 5.94. The Balaban J connectivity index is 1.79. The lowest BCUT2D eigenvalue weighted by Crippen LogP contribution is -2.48. The lowest BCUT2D eigenvalue weighted by molar-refractivity contribution is 0.276. The number of nitrogens with zero attached hydrogens (tertiary/aromatic N) is 2. The minimum atomic E-state index is -3.41. The fraction of sp³-hybridized carbons (Fsp3) is 0.333. The van der Waals surface area contributed by atoms with Gasteiger partial charge in [0, 0.05) is 26.2 Å². The van der Waals surface area contributed by atoms with Crippen molar-refractivity contribution < 1.29 is 8.42 Å². The van der Waals surface area contributed by atoms with E-state index >= 15 is 0 Å². The summed E-state index contributed by atoms with van der Waals surface area (Å²) in [5.41, 5.74) is 3.22. The fourth-order valence-corrected chi connectivity index (χ4v) is 4.56. The van der Waals surface area contributed by atoms with E-state index in [1.807, 2.05) is 61.5 Å². The molecule has 3 rings (SSSR count). The van der Waals surface area contributed by atoms with Crippen molar-refractivity contribution in [1.82, 2.24) is 8.61 Å². The predicted octanol–water partition coefficient (Wildman–Crippen LogP) is 2.95. The molecule has 5 heteroatoms. The highest BCUT2D eigenvalue weighted by molar-refractivity contribution is 7.86. The molecule has 1 fully saturated rings. The number of rotatable bonds is 4. The van der Waals surface area contributed by atoms with Crippen molar-refractivity contribution in [3.05, 3.63) is 71.3 Å². The first-order valence-electron chi connectivity index (χ1n) is 7.91. The van der Waals surface area contributed by atoms with Crippen LogP contribution in [-0.2, 0) is 23.3 Å². The largest absolute Gasteiger partial charge is 0.282 e. The molecule has 0 radical (unpaired) electrons. The minimum Gasteiger partial charge on any atom is -0.195 e. The molecule has 0 spiro atoms. The molecule has 4 nitrogen and oxygen atoms in total. The smallest absolute Gasteiger partial charge is 0.195 e. The summed E-state index contributed by atoms with van der Waals surface area (Å²) in [6.45, 7) is 4.07. The van der Waals surface area contributed by atoms with Crippen molar-refractivity contribution in [2.24, 2.45) is 0 Å². The molecule has 0 aliphatic carbocycles. The summed E-state index contributed by atoms with van der Waals surface area (Å²) in [5, 5.41) is 0. The number of hydrogen-bond acceptors (Lipinski definition) is 2. The highest BCUT2D eigenvalue weighted by atomic mass is 32.2. The summed E-state index contributed by atoms with van der Waals surface area (Å²) >= 11 is 0. The van der Waals surface area contributed by atoms with Gasteiger partial charge in [-0.05, 0) is 30.0 Å². The summed E-state index contributed by atoms with van der Waals surface area (Å²) in [6, 6.07) is 17.7. The van der Waals surface area contributed by atoms with E-state index in [9.17, 15) is 8.42 Å². The van der Waals surface area contributed by atoms with Gasteiger partial charge in [-0.25, -0.2) is 0 Å². The van der Waals surface area contributed by atoms with Gasteiger partial charge < -0.3 is 0 Å². The maximum absolute atomic E-state index is 12.9. The van der Waals surface area contributed by atoms with Crippen LogP contribution < -0.4 is 0 Å². The normalized spacial score (nSPS) is 18.8. The highest BCUT2D eigenvalue weighted by Crippen LogP contribution is 2.22. The van der Waals surface area contributed by atoms with Crippen LogP contribution >= 0.6 is 0 Å². The van der Waals surface area contributed by atoms with Gasteiger partial charge in [0.25, 0.3) is 10.2 Å². The third-order valence-electron chi connectivity index (χ3n) is 4.28. The average molecular weight is 330 g/mol. The van der Waals surface area contributed by atoms with Gasteiger partial charge in [0.15, 0.2) is 0 Å². The average Bonchev–Trinajstić information content (AvgIpc) is 2.54. The SMILES string of the molecule is Cc1ccccc1CN1CCCN(Cc2ccccc2)S1(=O)=O. The van der Waals surface area contributed by atoms with Crippen molar-refractivity contribution >= 4 is 10.2 Å². The van der Waals surface area contributed by atoms with Gasteiger partial charge in [0.2, 0.25) is 0 Å². The molecule has 1 aliphatic rings. The number of benzene rings is 2. The second kappa shape index (κ2) is 6.83. The van der Waals surface area contributed by atoms with Crippen LogP contribution in [0.2, 0.25) is 0 Å². The quantitative estimate of drug-likeness (QED) is 0.865. The molecular formula is C18H22N2O2S. The lowest BCUT2D eigenvalue weighted by atomic mass is 10.1. The van der Waals surface area contributed by atoms with E-state index in [2.05, 4.69) is 0 Å². The summed E-state index contributed by atoms with van der Waals surface area (Å²) in [6.07, 6.45) is 0.859. The first-order chi connectivity index (χ1) is 11.1. The van der Waals surface area contributed by atoms with E-state index in [4.69, 9.17) is 0 Å². The van der Waals surface area contributed by atoms with Gasteiger partial charge in [-0.2, -0.15) is 17.0 Å². The Hall–Kier alpha value is -1.69. The van der Waals surface area contributed by atoms with Crippen LogP contribution in [0.4, 0.5) is 0 Å². The summed E-state index contributed by atoms with van der Waals surface area (Å²) in [5.74, 6) is 0. The van der Waals surface area contributed by atoms with Gasteiger partial charge in [-0.3, -0.25) is 0 Å². The second-order valence-corrected chi connectivity index (χ2v) is 7.87. The van der Waals surface area contributed by atoms with Gasteiger partial charge in [0.05, 0.1) is 0 Å². The number of aryl methyl sites for hydroxylation is 1. The molecule has 1 saturated heterocycles. The third-order valence-corrected chi connectivity index (χ3v) is 6.21. The molecule has 2 aromatic carbocycles. The minimum absolute atomic E-state index is 0.438. The molecule has 0 atom stereocenters. The highest BCUT2D eigenvalue weighted by Gasteiger charge is 2.33. The maximum atomic E-state index is 12.9. The molecule has 0 amide bonds. The Morgan fingerprint density at radius 2 is 1.48 bits per heavy atom. The van der Waals surface area contributed by atoms with Crippen LogP contribution in [0.15, 0.2) is 54.6 Å². The topological polar surface area (TPSA) is 40.6 Å². The predicted molar refractivity (Wildman–Crippen MR) is 92.0 cm³/mol. The Bertz CT molecular complexity index is 760. The molecule has 0 N–H and O–H groups in total. The van der Waals surface area contributed by atoms with Crippen molar-refractivity contribution in [1.29, 1.82) is 0 Å². The van der Waals surface area contributed by atoms with Crippen LogP contribution in [0.3, 0.4) is 0 Å². The van der Waals surface area contributed by atoms with Crippen LogP contribution in [0.25, 0.3) is 0 Å². The van der Waals surface area contributed by atoms with Crippen LogP contribution in [-0.4, -0.2) is 30.1 Å².